The first-order chi connectivity index (χ1) is 8.52. The molecule has 0 aromatic carbocycles. The summed E-state index contributed by atoms with van der Waals surface area (Å²) < 4.78 is 67.1. The van der Waals surface area contributed by atoms with E-state index >= 15 is 0 Å². The fourth-order valence-electron chi connectivity index (χ4n) is 0.720. The minimum atomic E-state index is -5.84. The van der Waals surface area contributed by atoms with Crippen LogP contribution in [0, 0.1) is 0 Å². The molecule has 7 nitrogen and oxygen atoms in total. The van der Waals surface area contributed by atoms with Crippen LogP contribution in [0.3, 0.4) is 0 Å². The van der Waals surface area contributed by atoms with Crippen LogP contribution >= 0.6 is 11.8 Å². The second-order valence-electron chi connectivity index (χ2n) is 2.87. The summed E-state index contributed by atoms with van der Waals surface area (Å²) in [6, 6.07) is -0.456. The van der Waals surface area contributed by atoms with Gasteiger partial charge in [0.1, 0.15) is 6.61 Å². The zero-order valence-corrected chi connectivity index (χ0v) is 11.3. The normalized spacial score (nSPS) is 18.8. The number of carbonyl (C=O) groups is 1. The molecule has 1 atom stereocenters. The number of hydrogen-bond donors (Lipinski definition) is 1. The van der Waals surface area contributed by atoms with Crippen molar-refractivity contribution in [1.29, 1.82) is 0 Å². The fraction of sp³-hybridized carbons (Fsp3) is 0.714. The predicted molar refractivity (Wildman–Crippen MR) is 60.3 cm³/mol. The molecule has 0 aliphatic carbocycles. The van der Waals surface area contributed by atoms with Crippen molar-refractivity contribution in [3.05, 3.63) is 0 Å². The molecule has 0 bridgehead atoms. The molecule has 19 heavy (non-hydrogen) atoms. The van der Waals surface area contributed by atoms with E-state index in [4.69, 9.17) is 17.7 Å². The smallest absolute Gasteiger partial charge is 0.470 e. The monoisotopic (exact) mass is 325 g/mol. The number of carbonyl (C=O) groups excluding carboxylic acids is 1. The highest BCUT2D eigenvalue weighted by Gasteiger charge is 2.44. The van der Waals surface area contributed by atoms with Gasteiger partial charge in [-0.3, -0.25) is 4.55 Å². The minimum absolute atomic E-state index is 0.308. The Balaban J connectivity index is 0.000000362. The van der Waals surface area contributed by atoms with E-state index in [0.29, 0.717) is 11.8 Å². The van der Waals surface area contributed by atoms with E-state index in [0.717, 1.165) is 0 Å². The van der Waals surface area contributed by atoms with Crippen molar-refractivity contribution in [2.45, 2.75) is 11.6 Å². The van der Waals surface area contributed by atoms with E-state index in [1.165, 1.54) is 18.9 Å². The molecule has 0 saturated heterocycles. The van der Waals surface area contributed by atoms with Gasteiger partial charge in [0.2, 0.25) is 5.23 Å². The van der Waals surface area contributed by atoms with Crippen molar-refractivity contribution in [3.63, 3.8) is 0 Å². The quantitative estimate of drug-likeness (QED) is 0.429. The van der Waals surface area contributed by atoms with Crippen LogP contribution in [0.15, 0.2) is 4.99 Å². The Kier molecular flexibility index (Phi) is 6.59. The summed E-state index contributed by atoms with van der Waals surface area (Å²) in [5.41, 5.74) is -5.53. The Bertz CT molecular complexity index is 446. The fourth-order valence-corrected chi connectivity index (χ4v) is 1.14. The molecule has 1 N–H and O–H groups in total. The lowest BCUT2D eigenvalue weighted by Crippen LogP contribution is -2.21. The first-order valence-corrected chi connectivity index (χ1v) is 7.05. The van der Waals surface area contributed by atoms with Gasteiger partial charge in [-0.1, -0.05) is 11.8 Å². The van der Waals surface area contributed by atoms with E-state index < -0.39 is 21.7 Å². The van der Waals surface area contributed by atoms with Crippen LogP contribution in [0.2, 0.25) is 0 Å². The van der Waals surface area contributed by atoms with Gasteiger partial charge in [-0.2, -0.15) is 21.6 Å². The van der Waals surface area contributed by atoms with Gasteiger partial charge in [0, 0.05) is 0 Å². The van der Waals surface area contributed by atoms with Crippen LogP contribution in [-0.2, 0) is 24.4 Å². The van der Waals surface area contributed by atoms with Crippen LogP contribution in [0.4, 0.5) is 13.2 Å². The molecule has 0 aromatic heterocycles. The van der Waals surface area contributed by atoms with Gasteiger partial charge in [-0.15, -0.1) is 0 Å². The van der Waals surface area contributed by atoms with E-state index in [1.807, 2.05) is 6.26 Å². The molecule has 1 aliphatic rings. The number of halogens is 3. The second kappa shape index (κ2) is 6.96. The van der Waals surface area contributed by atoms with Crippen LogP contribution in [-0.4, -0.2) is 55.7 Å². The highest BCUT2D eigenvalue weighted by molar-refractivity contribution is 8.12. The predicted octanol–water partition coefficient (Wildman–Crippen LogP) is 0.671. The molecule has 0 amide bonds. The lowest BCUT2D eigenvalue weighted by Gasteiger charge is -1.99. The molecule has 0 aromatic rings. The number of nitrogens with zero attached hydrogens (tertiary/aromatic N) is 1. The van der Waals surface area contributed by atoms with Gasteiger partial charge in [-0.25, -0.2) is 9.79 Å². The maximum absolute atomic E-state index is 10.9. The zero-order valence-electron chi connectivity index (χ0n) is 9.67. The van der Waals surface area contributed by atoms with Crippen molar-refractivity contribution in [2.75, 3.05) is 20.0 Å². The molecular formula is C7H10F3NO6S2. The Labute approximate surface area is 110 Å². The van der Waals surface area contributed by atoms with E-state index in [1.54, 1.807) is 0 Å². The van der Waals surface area contributed by atoms with Gasteiger partial charge in [-0.05, 0) is 6.26 Å². The van der Waals surface area contributed by atoms with Crippen molar-refractivity contribution >= 4 is 33.1 Å². The van der Waals surface area contributed by atoms with Crippen molar-refractivity contribution in [3.8, 4) is 0 Å². The number of hydrogen-bond acceptors (Lipinski definition) is 7. The average molecular weight is 325 g/mol. The lowest BCUT2D eigenvalue weighted by molar-refractivity contribution is -0.142. The number of esters is 1. The molecule has 0 radical (unpaired) electrons. The van der Waals surface area contributed by atoms with Crippen LogP contribution < -0.4 is 0 Å². The molecule has 0 spiro atoms. The summed E-state index contributed by atoms with van der Waals surface area (Å²) in [7, 11) is -4.50. The number of thioether (sulfide) groups is 1. The number of aliphatic imine (C=N–C) groups is 1. The molecule has 0 fully saturated rings. The lowest BCUT2D eigenvalue weighted by atomic mass is 10.3. The number of rotatable bonds is 1. The van der Waals surface area contributed by atoms with Crippen molar-refractivity contribution in [1.82, 2.24) is 0 Å². The maximum Gasteiger partial charge on any atom is 0.522 e. The summed E-state index contributed by atoms with van der Waals surface area (Å²) >= 11 is 1.38. The summed E-state index contributed by atoms with van der Waals surface area (Å²) in [6.07, 6.45) is 1.85. The van der Waals surface area contributed by atoms with Gasteiger partial charge in [0.15, 0.2) is 6.04 Å². The highest BCUT2D eigenvalue weighted by atomic mass is 32.2. The number of ether oxygens (including phenoxy) is 2. The summed E-state index contributed by atoms with van der Waals surface area (Å²) in [6.45, 7) is 0.308. The Hall–Kier alpha value is -1.01. The molecule has 1 rings (SSSR count). The number of methoxy groups -OCH3 is 1. The second-order valence-corrected chi connectivity index (χ2v) is 5.04. The van der Waals surface area contributed by atoms with Crippen molar-refractivity contribution in [2.24, 2.45) is 4.99 Å². The third kappa shape index (κ3) is 6.11. The Morgan fingerprint density at radius 3 is 2.32 bits per heavy atom. The molecule has 1 aliphatic heterocycles. The molecular weight excluding hydrogens is 315 g/mol. The summed E-state index contributed by atoms with van der Waals surface area (Å²) in [5, 5.41) is 0.556. The first-order valence-electron chi connectivity index (χ1n) is 4.39. The van der Waals surface area contributed by atoms with E-state index in [-0.39, 0.29) is 5.97 Å². The largest absolute Gasteiger partial charge is 0.522 e. The maximum atomic E-state index is 10.9. The van der Waals surface area contributed by atoms with E-state index in [2.05, 4.69) is 9.73 Å². The Morgan fingerprint density at radius 2 is 2.05 bits per heavy atom. The third-order valence-electron chi connectivity index (χ3n) is 1.57. The van der Waals surface area contributed by atoms with E-state index in [9.17, 15) is 18.0 Å². The summed E-state index contributed by atoms with van der Waals surface area (Å²) in [5.74, 6) is -0.339. The molecule has 12 heteroatoms. The standard InChI is InChI=1S/C6H9NO3S.CHF3O3S/c1-9-5(8)4-3-10-6(7-4)11-2;2-1(3,4)8(5,6)7/h4H,3H2,1-2H3;(H,5,6,7). The highest BCUT2D eigenvalue weighted by Crippen LogP contribution is 2.20. The number of alkyl halides is 3. The Morgan fingerprint density at radius 1 is 1.58 bits per heavy atom. The molecule has 112 valence electrons. The first kappa shape index (κ1) is 18.0. The van der Waals surface area contributed by atoms with Crippen LogP contribution in [0.1, 0.15) is 0 Å². The van der Waals surface area contributed by atoms with Crippen LogP contribution in [0.25, 0.3) is 0 Å². The zero-order chi connectivity index (χ0) is 15.3. The molecule has 0 saturated carbocycles. The minimum Gasteiger partial charge on any atom is -0.470 e. The topological polar surface area (TPSA) is 102 Å². The molecule has 1 heterocycles. The van der Waals surface area contributed by atoms with Gasteiger partial charge >= 0.3 is 21.6 Å². The van der Waals surface area contributed by atoms with Gasteiger partial charge in [0.05, 0.1) is 7.11 Å². The SMILES string of the molecule is COC(=O)C1COC(SC)=N1.O=S(=O)(O)C(F)(F)F. The third-order valence-corrected chi connectivity index (χ3v) is 2.72. The van der Waals surface area contributed by atoms with Gasteiger partial charge < -0.3 is 9.47 Å². The van der Waals surface area contributed by atoms with Crippen LogP contribution in [0.5, 0.6) is 0 Å². The molecule has 1 unspecified atom stereocenters. The average Bonchev–Trinajstić information content (AvgIpc) is 2.74. The van der Waals surface area contributed by atoms with Crippen molar-refractivity contribution < 1.29 is 40.4 Å². The van der Waals surface area contributed by atoms with Gasteiger partial charge in [0.25, 0.3) is 0 Å². The summed E-state index contributed by atoms with van der Waals surface area (Å²) in [4.78, 5) is 14.8.